The lowest BCUT2D eigenvalue weighted by atomic mass is 10.3. The molecule has 0 saturated heterocycles. The van der Waals surface area contributed by atoms with Gasteiger partial charge in [-0.25, -0.2) is 9.67 Å². The molecule has 0 atom stereocenters. The number of fused-ring (bicyclic) bond motifs is 1. The van der Waals surface area contributed by atoms with Gasteiger partial charge in [0.05, 0.1) is 17.3 Å². The molecule has 0 spiro atoms. The number of aromatic nitrogens is 4. The Hall–Kier alpha value is -1.16. The van der Waals surface area contributed by atoms with E-state index in [1.165, 1.54) is 0 Å². The molecule has 0 unspecified atom stereocenters. The first-order valence-electron chi connectivity index (χ1n) is 4.58. The van der Waals surface area contributed by atoms with Crippen LogP contribution in [0.5, 0.6) is 0 Å². The Morgan fingerprint density at radius 2 is 2.21 bits per heavy atom. The molecule has 5 heteroatoms. The first-order chi connectivity index (χ1) is 6.72. The Balaban J connectivity index is 2.66. The third-order valence-corrected chi connectivity index (χ3v) is 2.26. The third-order valence-electron chi connectivity index (χ3n) is 2.09. The minimum absolute atomic E-state index is 0.285. The molecule has 4 nitrogen and oxygen atoms in total. The standard InChI is InChI=1S/C9H11ClN4/c1-3-4-14-8-7(5-11-14)6(2)12-9(10)13-8/h5H,3-4H2,1-2H3. The molecule has 74 valence electrons. The van der Waals surface area contributed by atoms with E-state index in [9.17, 15) is 0 Å². The Morgan fingerprint density at radius 1 is 1.43 bits per heavy atom. The number of rotatable bonds is 2. The van der Waals surface area contributed by atoms with Crippen LogP contribution in [0.1, 0.15) is 19.0 Å². The molecular formula is C9H11ClN4. The number of hydrogen-bond donors (Lipinski definition) is 0. The van der Waals surface area contributed by atoms with Gasteiger partial charge >= 0.3 is 0 Å². The van der Waals surface area contributed by atoms with Crippen LogP contribution in [0.15, 0.2) is 6.20 Å². The number of halogens is 1. The molecule has 0 fully saturated rings. The van der Waals surface area contributed by atoms with Crippen LogP contribution in [-0.4, -0.2) is 19.7 Å². The number of nitrogens with zero attached hydrogens (tertiary/aromatic N) is 4. The Labute approximate surface area is 86.9 Å². The summed E-state index contributed by atoms with van der Waals surface area (Å²) < 4.78 is 1.86. The summed E-state index contributed by atoms with van der Waals surface area (Å²) in [4.78, 5) is 8.25. The lowest BCUT2D eigenvalue weighted by Crippen LogP contribution is -2.00. The van der Waals surface area contributed by atoms with Crippen molar-refractivity contribution in [2.24, 2.45) is 0 Å². The van der Waals surface area contributed by atoms with Crippen LogP contribution < -0.4 is 0 Å². The molecule has 0 aliphatic rings. The summed E-state index contributed by atoms with van der Waals surface area (Å²) >= 11 is 5.79. The highest BCUT2D eigenvalue weighted by Crippen LogP contribution is 2.16. The summed E-state index contributed by atoms with van der Waals surface area (Å²) in [6.45, 7) is 4.87. The van der Waals surface area contributed by atoms with Gasteiger partial charge in [-0.2, -0.15) is 10.1 Å². The second-order valence-corrected chi connectivity index (χ2v) is 3.52. The first-order valence-corrected chi connectivity index (χ1v) is 4.96. The van der Waals surface area contributed by atoms with E-state index in [0.29, 0.717) is 0 Å². The van der Waals surface area contributed by atoms with Crippen LogP contribution in [-0.2, 0) is 6.54 Å². The maximum atomic E-state index is 5.79. The van der Waals surface area contributed by atoms with E-state index in [0.717, 1.165) is 29.7 Å². The minimum atomic E-state index is 0.285. The molecule has 2 aromatic heterocycles. The lowest BCUT2D eigenvalue weighted by molar-refractivity contribution is 0.617. The van der Waals surface area contributed by atoms with E-state index < -0.39 is 0 Å². The summed E-state index contributed by atoms with van der Waals surface area (Å²) in [6.07, 6.45) is 2.81. The quantitative estimate of drug-likeness (QED) is 0.714. The first kappa shape index (κ1) is 9.40. The normalized spacial score (nSPS) is 11.1. The number of aryl methyl sites for hydroxylation is 2. The van der Waals surface area contributed by atoms with E-state index in [-0.39, 0.29) is 5.28 Å². The summed E-state index contributed by atoms with van der Waals surface area (Å²) in [5.74, 6) is 0. The summed E-state index contributed by atoms with van der Waals surface area (Å²) in [7, 11) is 0. The van der Waals surface area contributed by atoms with Crippen LogP contribution in [0.4, 0.5) is 0 Å². The van der Waals surface area contributed by atoms with Crippen molar-refractivity contribution in [1.82, 2.24) is 19.7 Å². The van der Waals surface area contributed by atoms with Crippen LogP contribution in [0.3, 0.4) is 0 Å². The smallest absolute Gasteiger partial charge is 0.224 e. The van der Waals surface area contributed by atoms with Crippen molar-refractivity contribution < 1.29 is 0 Å². The molecule has 0 aromatic carbocycles. The van der Waals surface area contributed by atoms with E-state index >= 15 is 0 Å². The SMILES string of the molecule is CCCn1ncc2c(C)nc(Cl)nc21. The average molecular weight is 211 g/mol. The summed E-state index contributed by atoms with van der Waals surface area (Å²) in [5, 5.41) is 5.50. The number of hydrogen-bond acceptors (Lipinski definition) is 3. The fourth-order valence-electron chi connectivity index (χ4n) is 1.44. The zero-order valence-corrected chi connectivity index (χ0v) is 8.91. The van der Waals surface area contributed by atoms with Gasteiger partial charge in [0.1, 0.15) is 0 Å². The molecule has 0 radical (unpaired) electrons. The topological polar surface area (TPSA) is 43.6 Å². The molecule has 0 amide bonds. The molecule has 0 N–H and O–H groups in total. The minimum Gasteiger partial charge on any atom is -0.247 e. The predicted molar refractivity (Wildman–Crippen MR) is 55.4 cm³/mol. The Kier molecular flexibility index (Phi) is 2.37. The van der Waals surface area contributed by atoms with Gasteiger partial charge in [-0.15, -0.1) is 0 Å². The van der Waals surface area contributed by atoms with Gasteiger partial charge in [-0.3, -0.25) is 0 Å². The highest BCUT2D eigenvalue weighted by atomic mass is 35.5. The largest absolute Gasteiger partial charge is 0.247 e. The molecule has 2 rings (SSSR count). The van der Waals surface area contributed by atoms with Gasteiger partial charge in [0.2, 0.25) is 5.28 Å². The highest BCUT2D eigenvalue weighted by Gasteiger charge is 2.08. The monoisotopic (exact) mass is 210 g/mol. The molecular weight excluding hydrogens is 200 g/mol. The summed E-state index contributed by atoms with van der Waals surface area (Å²) in [6, 6.07) is 0. The van der Waals surface area contributed by atoms with Crippen molar-refractivity contribution in [2.75, 3.05) is 0 Å². The molecule has 0 bridgehead atoms. The lowest BCUT2D eigenvalue weighted by Gasteiger charge is -2.00. The second kappa shape index (κ2) is 3.53. The molecule has 2 heterocycles. The zero-order valence-electron chi connectivity index (χ0n) is 8.16. The van der Waals surface area contributed by atoms with Crippen molar-refractivity contribution >= 4 is 22.6 Å². The van der Waals surface area contributed by atoms with Crippen molar-refractivity contribution in [3.8, 4) is 0 Å². The third kappa shape index (κ3) is 1.46. The Morgan fingerprint density at radius 3 is 2.93 bits per heavy atom. The second-order valence-electron chi connectivity index (χ2n) is 3.18. The Bertz CT molecular complexity index is 463. The van der Waals surface area contributed by atoms with Crippen LogP contribution in [0.2, 0.25) is 5.28 Å². The van der Waals surface area contributed by atoms with Gasteiger partial charge in [0.15, 0.2) is 5.65 Å². The van der Waals surface area contributed by atoms with Gasteiger partial charge in [0.25, 0.3) is 0 Å². The van der Waals surface area contributed by atoms with Gasteiger partial charge in [0, 0.05) is 6.54 Å². The average Bonchev–Trinajstić information content (AvgIpc) is 2.49. The van der Waals surface area contributed by atoms with Crippen LogP contribution in [0.25, 0.3) is 11.0 Å². The van der Waals surface area contributed by atoms with E-state index in [4.69, 9.17) is 11.6 Å². The van der Waals surface area contributed by atoms with E-state index in [2.05, 4.69) is 22.0 Å². The maximum absolute atomic E-state index is 5.79. The maximum Gasteiger partial charge on any atom is 0.224 e. The summed E-state index contributed by atoms with van der Waals surface area (Å²) in [5.41, 5.74) is 1.70. The molecule has 2 aromatic rings. The van der Waals surface area contributed by atoms with Crippen molar-refractivity contribution in [2.45, 2.75) is 26.8 Å². The van der Waals surface area contributed by atoms with Crippen molar-refractivity contribution in [1.29, 1.82) is 0 Å². The van der Waals surface area contributed by atoms with Gasteiger partial charge in [-0.1, -0.05) is 6.92 Å². The van der Waals surface area contributed by atoms with Crippen molar-refractivity contribution in [3.63, 3.8) is 0 Å². The van der Waals surface area contributed by atoms with E-state index in [1.54, 1.807) is 6.20 Å². The zero-order chi connectivity index (χ0) is 10.1. The van der Waals surface area contributed by atoms with Crippen molar-refractivity contribution in [3.05, 3.63) is 17.2 Å². The fourth-order valence-corrected chi connectivity index (χ4v) is 1.65. The van der Waals surface area contributed by atoms with E-state index in [1.807, 2.05) is 11.6 Å². The van der Waals surface area contributed by atoms with Crippen LogP contribution in [0, 0.1) is 6.92 Å². The molecule has 0 saturated carbocycles. The molecule has 14 heavy (non-hydrogen) atoms. The molecule has 0 aliphatic heterocycles. The van der Waals surface area contributed by atoms with Gasteiger partial charge in [-0.05, 0) is 24.9 Å². The predicted octanol–water partition coefficient (Wildman–Crippen LogP) is 2.20. The van der Waals surface area contributed by atoms with Gasteiger partial charge < -0.3 is 0 Å². The fraction of sp³-hybridized carbons (Fsp3) is 0.444. The molecule has 0 aliphatic carbocycles. The van der Waals surface area contributed by atoms with Crippen LogP contribution >= 0.6 is 11.6 Å². The highest BCUT2D eigenvalue weighted by molar-refractivity contribution is 6.28.